The fraction of sp³-hybridized carbons (Fsp3) is 0.472. The number of likely N-dealkylation sites (N-methyl/N-ethyl adjacent to an activating group) is 1. The summed E-state index contributed by atoms with van der Waals surface area (Å²) < 4.78 is 20.5. The van der Waals surface area contributed by atoms with Crippen LogP contribution in [-0.2, 0) is 0 Å². The second-order valence-electron chi connectivity index (χ2n) is 11.2. The molecule has 0 bridgehead atoms. The number of halogens is 1. The number of carbonyl (C=O) groups is 1. The molecule has 0 aliphatic rings. The maximum atomic E-state index is 14.9. The lowest BCUT2D eigenvalue weighted by Crippen LogP contribution is -2.17. The highest BCUT2D eigenvalue weighted by Crippen LogP contribution is 2.25. The average molecular weight is 550 g/mol. The number of allylic oxidation sites excluding steroid dienone is 8. The second-order valence-corrected chi connectivity index (χ2v) is 11.2. The Morgan fingerprint density at radius 2 is 1.48 bits per heavy atom. The highest BCUT2D eigenvalue weighted by Gasteiger charge is 2.20. The largest absolute Gasteiger partial charge is 0.486 e. The molecule has 0 N–H and O–H groups in total. The minimum atomic E-state index is -0.510. The molecule has 0 spiro atoms. The zero-order chi connectivity index (χ0) is 29.9. The maximum absolute atomic E-state index is 14.9. The van der Waals surface area contributed by atoms with E-state index in [1.165, 1.54) is 28.4 Å². The Kier molecular flexibility index (Phi) is 17.5. The third kappa shape index (κ3) is 15.6. The summed E-state index contributed by atoms with van der Waals surface area (Å²) in [6, 6.07) is 4.58. The zero-order valence-corrected chi connectivity index (χ0v) is 26.1. The summed E-state index contributed by atoms with van der Waals surface area (Å²) in [6.07, 6.45) is 19.8. The number of hydrogen-bond acceptors (Lipinski definition) is 3. The van der Waals surface area contributed by atoms with Crippen LogP contribution in [0.5, 0.6) is 5.75 Å². The van der Waals surface area contributed by atoms with Gasteiger partial charge in [0.2, 0.25) is 0 Å². The molecular weight excluding hydrogens is 497 g/mol. The van der Waals surface area contributed by atoms with Crippen LogP contribution in [0, 0.1) is 11.7 Å². The summed E-state index contributed by atoms with van der Waals surface area (Å²) in [5.74, 6) is -0.623. The monoisotopic (exact) mass is 549 g/mol. The molecule has 0 saturated heterocycles. The Hall–Kier alpha value is -2.98. The molecule has 1 rings (SSSR count). The van der Waals surface area contributed by atoms with E-state index < -0.39 is 5.82 Å². The first-order valence-corrected chi connectivity index (χ1v) is 14.5. The Balaban J connectivity index is 2.95. The summed E-state index contributed by atoms with van der Waals surface area (Å²) in [5.41, 5.74) is 5.58. The second kappa shape index (κ2) is 20.0. The lowest BCUT2D eigenvalue weighted by atomic mass is 9.89. The van der Waals surface area contributed by atoms with Gasteiger partial charge in [-0.05, 0) is 105 Å². The molecule has 0 amide bonds. The van der Waals surface area contributed by atoms with E-state index in [2.05, 4.69) is 77.3 Å². The SMILES string of the molecule is C=CCN(C)C/C=C/COc1ccc(C(=O)C(C/C=C(\C)CCC=C(C)C)C/C=C(\C)CCC=C(C)C)cc1F. The molecular formula is C36H52FNO2. The van der Waals surface area contributed by atoms with Gasteiger partial charge in [0.15, 0.2) is 17.3 Å². The van der Waals surface area contributed by atoms with E-state index in [1.807, 2.05) is 25.3 Å². The summed E-state index contributed by atoms with van der Waals surface area (Å²) in [4.78, 5) is 15.6. The number of benzene rings is 1. The van der Waals surface area contributed by atoms with Crippen molar-refractivity contribution < 1.29 is 13.9 Å². The van der Waals surface area contributed by atoms with E-state index in [0.717, 1.165) is 38.8 Å². The molecule has 3 nitrogen and oxygen atoms in total. The first kappa shape index (κ1) is 35.0. The van der Waals surface area contributed by atoms with Gasteiger partial charge in [0.05, 0.1) is 0 Å². The van der Waals surface area contributed by atoms with Gasteiger partial charge >= 0.3 is 0 Å². The molecule has 0 aliphatic carbocycles. The lowest BCUT2D eigenvalue weighted by molar-refractivity contribution is 0.0921. The van der Waals surface area contributed by atoms with Gasteiger partial charge in [-0.15, -0.1) is 6.58 Å². The Morgan fingerprint density at radius 3 is 1.98 bits per heavy atom. The van der Waals surface area contributed by atoms with Crippen LogP contribution in [0.2, 0.25) is 0 Å². The molecule has 0 radical (unpaired) electrons. The lowest BCUT2D eigenvalue weighted by Gasteiger charge is -2.15. The normalized spacial score (nSPS) is 12.2. The molecule has 0 saturated carbocycles. The van der Waals surface area contributed by atoms with Crippen molar-refractivity contribution in [3.63, 3.8) is 0 Å². The van der Waals surface area contributed by atoms with E-state index in [1.54, 1.807) is 12.1 Å². The van der Waals surface area contributed by atoms with Gasteiger partial charge in [-0.2, -0.15) is 0 Å². The van der Waals surface area contributed by atoms with Crippen LogP contribution in [0.4, 0.5) is 4.39 Å². The molecule has 1 aromatic rings. The number of carbonyl (C=O) groups excluding carboxylic acids is 1. The molecule has 0 heterocycles. The Labute approximate surface area is 243 Å². The van der Waals surface area contributed by atoms with Crippen LogP contribution in [0.3, 0.4) is 0 Å². The minimum absolute atomic E-state index is 0.0303. The van der Waals surface area contributed by atoms with E-state index in [-0.39, 0.29) is 24.1 Å². The summed E-state index contributed by atoms with van der Waals surface area (Å²) in [5, 5.41) is 0. The fourth-order valence-electron chi connectivity index (χ4n) is 4.14. The van der Waals surface area contributed by atoms with Crippen LogP contribution in [0.1, 0.15) is 90.4 Å². The number of nitrogens with zero attached hydrogens (tertiary/aromatic N) is 1. The number of ether oxygens (including phenoxy) is 1. The van der Waals surface area contributed by atoms with Gasteiger partial charge in [-0.1, -0.05) is 64.8 Å². The van der Waals surface area contributed by atoms with E-state index in [4.69, 9.17) is 4.74 Å². The predicted molar refractivity (Wildman–Crippen MR) is 171 cm³/mol. The quantitative estimate of drug-likeness (QED) is 0.127. The van der Waals surface area contributed by atoms with E-state index >= 15 is 0 Å². The van der Waals surface area contributed by atoms with Crippen LogP contribution in [0.25, 0.3) is 0 Å². The van der Waals surface area contributed by atoms with Crippen LogP contribution in [-0.4, -0.2) is 37.4 Å². The molecule has 0 unspecified atom stereocenters. The van der Waals surface area contributed by atoms with Crippen molar-refractivity contribution >= 4 is 5.78 Å². The van der Waals surface area contributed by atoms with E-state index in [9.17, 15) is 9.18 Å². The van der Waals surface area contributed by atoms with Gasteiger partial charge in [0.25, 0.3) is 0 Å². The third-order valence-corrected chi connectivity index (χ3v) is 6.63. The third-order valence-electron chi connectivity index (χ3n) is 6.63. The van der Waals surface area contributed by atoms with Gasteiger partial charge < -0.3 is 4.74 Å². The summed E-state index contributed by atoms with van der Waals surface area (Å²) >= 11 is 0. The molecule has 0 aliphatic heterocycles. The van der Waals surface area contributed by atoms with Gasteiger partial charge in [-0.3, -0.25) is 9.69 Å². The molecule has 0 atom stereocenters. The van der Waals surface area contributed by atoms with Crippen molar-refractivity contribution in [3.8, 4) is 5.75 Å². The topological polar surface area (TPSA) is 29.5 Å². The summed E-state index contributed by atoms with van der Waals surface area (Å²) in [6.45, 7) is 18.2. The van der Waals surface area contributed by atoms with Crippen LogP contribution >= 0.6 is 0 Å². The molecule has 1 aromatic carbocycles. The van der Waals surface area contributed by atoms with Crippen molar-refractivity contribution in [1.29, 1.82) is 0 Å². The zero-order valence-electron chi connectivity index (χ0n) is 26.1. The first-order valence-electron chi connectivity index (χ1n) is 14.5. The molecule has 220 valence electrons. The minimum Gasteiger partial charge on any atom is -0.486 e. The standard InChI is InChI=1S/C36H52FNO2/c1-9-24-38(8)25-10-11-26-40-35-23-22-33(27-34(35)37)36(39)32(20-18-30(6)16-12-14-28(2)3)21-19-31(7)17-13-15-29(4)5/h9-11,14-15,18-19,22-23,27,32H,1,12-13,16-17,20-21,24-26H2,2-8H3/b11-10+,30-18+,31-19+. The highest BCUT2D eigenvalue weighted by atomic mass is 19.1. The molecule has 40 heavy (non-hydrogen) atoms. The van der Waals surface area contributed by atoms with Crippen LogP contribution < -0.4 is 4.74 Å². The van der Waals surface area contributed by atoms with Crippen molar-refractivity contribution in [2.24, 2.45) is 5.92 Å². The highest BCUT2D eigenvalue weighted by molar-refractivity contribution is 5.98. The van der Waals surface area contributed by atoms with Gasteiger partial charge in [-0.25, -0.2) is 4.39 Å². The van der Waals surface area contributed by atoms with Gasteiger partial charge in [0.1, 0.15) is 6.61 Å². The first-order chi connectivity index (χ1) is 19.0. The van der Waals surface area contributed by atoms with Crippen molar-refractivity contribution in [2.75, 3.05) is 26.7 Å². The number of ketones is 1. The fourth-order valence-corrected chi connectivity index (χ4v) is 4.14. The number of rotatable bonds is 19. The van der Waals surface area contributed by atoms with Crippen molar-refractivity contribution in [2.45, 2.75) is 80.1 Å². The van der Waals surface area contributed by atoms with Crippen molar-refractivity contribution in [3.05, 3.63) is 101 Å². The average Bonchev–Trinajstić information content (AvgIpc) is 2.88. The van der Waals surface area contributed by atoms with Crippen molar-refractivity contribution in [1.82, 2.24) is 4.90 Å². The number of hydrogen-bond donors (Lipinski definition) is 0. The van der Waals surface area contributed by atoms with E-state index in [0.29, 0.717) is 18.4 Å². The maximum Gasteiger partial charge on any atom is 0.166 e. The number of Topliss-reactive ketones (excluding diaryl/α,β-unsaturated/α-hetero) is 1. The Bertz CT molecular complexity index is 1040. The molecule has 4 heteroatoms. The Morgan fingerprint density at radius 1 is 0.900 bits per heavy atom. The molecule has 0 aromatic heterocycles. The smallest absolute Gasteiger partial charge is 0.166 e. The summed E-state index contributed by atoms with van der Waals surface area (Å²) in [7, 11) is 2.00. The predicted octanol–water partition coefficient (Wildman–Crippen LogP) is 9.84. The van der Waals surface area contributed by atoms with Gasteiger partial charge in [0, 0.05) is 24.6 Å². The van der Waals surface area contributed by atoms with Crippen LogP contribution in [0.15, 0.2) is 89.6 Å². The molecule has 0 fully saturated rings.